The van der Waals surface area contributed by atoms with Crippen molar-refractivity contribution in [3.63, 3.8) is 0 Å². The summed E-state index contributed by atoms with van der Waals surface area (Å²) in [4.78, 5) is 2.30. The predicted octanol–water partition coefficient (Wildman–Crippen LogP) is 13.6. The zero-order valence-electron chi connectivity index (χ0n) is 26.3. The third kappa shape index (κ3) is 5.55. The molecule has 0 N–H and O–H groups in total. The fourth-order valence-corrected chi connectivity index (χ4v) is 6.95. The van der Waals surface area contributed by atoms with Gasteiger partial charge in [0.2, 0.25) is 0 Å². The first-order chi connectivity index (χ1) is 23.8. The molecule has 8 aromatic rings. The molecule has 0 aliphatic rings. The second kappa shape index (κ2) is 13.1. The number of fused-ring (bicyclic) bond motifs is 1. The van der Waals surface area contributed by atoms with Crippen LogP contribution in [0.1, 0.15) is 0 Å². The van der Waals surface area contributed by atoms with Crippen LogP contribution in [0.2, 0.25) is 5.02 Å². The molecule has 0 saturated carbocycles. The monoisotopic (exact) mass is 633 g/mol. The Morgan fingerprint density at radius 1 is 0.271 bits per heavy atom. The van der Waals surface area contributed by atoms with Gasteiger partial charge in [-0.3, -0.25) is 0 Å². The molecule has 0 unspecified atom stereocenters. The highest BCUT2D eigenvalue weighted by molar-refractivity contribution is 6.30. The molecule has 0 radical (unpaired) electrons. The molecule has 0 amide bonds. The highest BCUT2D eigenvalue weighted by Crippen LogP contribution is 2.51. The first-order valence-corrected chi connectivity index (χ1v) is 16.6. The highest BCUT2D eigenvalue weighted by atomic mass is 35.5. The van der Waals surface area contributed by atoms with E-state index in [1.807, 2.05) is 12.1 Å². The van der Waals surface area contributed by atoms with Gasteiger partial charge in [-0.25, -0.2) is 0 Å². The third-order valence-electron chi connectivity index (χ3n) is 8.92. The lowest BCUT2D eigenvalue weighted by molar-refractivity contribution is 1.28. The van der Waals surface area contributed by atoms with E-state index in [2.05, 4.69) is 187 Å². The zero-order chi connectivity index (χ0) is 32.3. The molecule has 0 bridgehead atoms. The summed E-state index contributed by atoms with van der Waals surface area (Å²) in [5.74, 6) is 0. The van der Waals surface area contributed by atoms with Crippen LogP contribution in [0.5, 0.6) is 0 Å². The molecule has 0 aromatic heterocycles. The van der Waals surface area contributed by atoms with Crippen LogP contribution in [0.4, 0.5) is 17.1 Å². The molecule has 0 aliphatic heterocycles. The summed E-state index contributed by atoms with van der Waals surface area (Å²) >= 11 is 6.48. The minimum Gasteiger partial charge on any atom is -0.311 e. The van der Waals surface area contributed by atoms with Gasteiger partial charge in [0.25, 0.3) is 0 Å². The van der Waals surface area contributed by atoms with Crippen molar-refractivity contribution < 1.29 is 0 Å². The molecule has 0 aliphatic carbocycles. The van der Waals surface area contributed by atoms with Crippen LogP contribution in [0.15, 0.2) is 194 Å². The summed E-state index contributed by atoms with van der Waals surface area (Å²) in [6.45, 7) is 0. The van der Waals surface area contributed by atoms with Crippen LogP contribution >= 0.6 is 11.6 Å². The van der Waals surface area contributed by atoms with Gasteiger partial charge in [-0.2, -0.15) is 0 Å². The SMILES string of the molecule is Clc1ccc(-c2c(-c3ccc(N(c4ccccc4)c4ccccc4)cc3)c(-c3ccccc3)c3ccccc3c2-c2ccccc2)cc1. The molecule has 1 nitrogen and oxygen atoms in total. The summed E-state index contributed by atoms with van der Waals surface area (Å²) in [7, 11) is 0. The fraction of sp³-hybridized carbons (Fsp3) is 0. The van der Waals surface area contributed by atoms with E-state index < -0.39 is 0 Å². The second-order valence-corrected chi connectivity index (χ2v) is 12.3. The summed E-state index contributed by atoms with van der Waals surface area (Å²) in [6, 6.07) is 68.8. The summed E-state index contributed by atoms with van der Waals surface area (Å²) in [6.07, 6.45) is 0. The Hall–Kier alpha value is -5.89. The van der Waals surface area contributed by atoms with Crippen molar-refractivity contribution in [2.75, 3.05) is 4.90 Å². The molecule has 0 heterocycles. The maximum Gasteiger partial charge on any atom is 0.0462 e. The van der Waals surface area contributed by atoms with Crippen LogP contribution in [-0.4, -0.2) is 0 Å². The number of nitrogens with zero attached hydrogens (tertiary/aromatic N) is 1. The number of anilines is 3. The van der Waals surface area contributed by atoms with Crippen LogP contribution in [0, 0.1) is 0 Å². The Bertz CT molecular complexity index is 2260. The van der Waals surface area contributed by atoms with Crippen molar-refractivity contribution in [2.24, 2.45) is 0 Å². The van der Waals surface area contributed by atoms with E-state index in [1.54, 1.807) is 0 Å². The van der Waals surface area contributed by atoms with Gasteiger partial charge in [0.15, 0.2) is 0 Å². The lowest BCUT2D eigenvalue weighted by Gasteiger charge is -2.27. The number of benzene rings is 8. The normalized spacial score (nSPS) is 11.0. The fourth-order valence-electron chi connectivity index (χ4n) is 6.82. The first kappa shape index (κ1) is 29.5. The van der Waals surface area contributed by atoms with Gasteiger partial charge in [0.05, 0.1) is 0 Å². The number of hydrogen-bond acceptors (Lipinski definition) is 1. The van der Waals surface area contributed by atoms with Crippen molar-refractivity contribution in [3.8, 4) is 44.5 Å². The van der Waals surface area contributed by atoms with Gasteiger partial charge < -0.3 is 4.90 Å². The molecule has 0 fully saturated rings. The van der Waals surface area contributed by atoms with Crippen molar-refractivity contribution in [3.05, 3.63) is 199 Å². The lowest BCUT2D eigenvalue weighted by Crippen LogP contribution is -2.09. The number of hydrogen-bond donors (Lipinski definition) is 0. The molecule has 228 valence electrons. The van der Waals surface area contributed by atoms with E-state index >= 15 is 0 Å². The predicted molar refractivity (Wildman–Crippen MR) is 205 cm³/mol. The minimum atomic E-state index is 0.719. The number of para-hydroxylation sites is 2. The molecule has 0 atom stereocenters. The second-order valence-electron chi connectivity index (χ2n) is 11.8. The standard InChI is InChI=1S/C46H32ClN/c47-37-29-25-35(26-30-37)45-43(33-15-5-1-6-16-33)41-23-13-14-24-42(41)44(34-17-7-2-8-18-34)46(45)36-27-31-40(32-28-36)48(38-19-9-3-10-20-38)39-21-11-4-12-22-39/h1-32H. The van der Waals surface area contributed by atoms with E-state index in [-0.39, 0.29) is 0 Å². The average Bonchev–Trinajstić information content (AvgIpc) is 3.16. The van der Waals surface area contributed by atoms with Gasteiger partial charge in [-0.1, -0.05) is 157 Å². The van der Waals surface area contributed by atoms with Crippen LogP contribution in [0.25, 0.3) is 55.3 Å². The average molecular weight is 634 g/mol. The van der Waals surface area contributed by atoms with Crippen molar-refractivity contribution in [2.45, 2.75) is 0 Å². The largest absolute Gasteiger partial charge is 0.311 e. The van der Waals surface area contributed by atoms with Gasteiger partial charge in [-0.05, 0) is 104 Å². The third-order valence-corrected chi connectivity index (χ3v) is 9.17. The van der Waals surface area contributed by atoms with Gasteiger partial charge >= 0.3 is 0 Å². The Morgan fingerprint density at radius 3 is 1.00 bits per heavy atom. The molecule has 0 spiro atoms. The quantitative estimate of drug-likeness (QED) is 0.169. The van der Waals surface area contributed by atoms with Gasteiger partial charge in [-0.15, -0.1) is 0 Å². The lowest BCUT2D eigenvalue weighted by atomic mass is 9.79. The Balaban J connectivity index is 1.45. The van der Waals surface area contributed by atoms with Crippen LogP contribution in [0.3, 0.4) is 0 Å². The van der Waals surface area contributed by atoms with E-state index in [1.165, 1.54) is 44.2 Å². The van der Waals surface area contributed by atoms with Crippen molar-refractivity contribution in [1.82, 2.24) is 0 Å². The Morgan fingerprint density at radius 2 is 0.583 bits per heavy atom. The van der Waals surface area contributed by atoms with Crippen LogP contribution in [-0.2, 0) is 0 Å². The van der Waals surface area contributed by atoms with Gasteiger partial charge in [0, 0.05) is 22.1 Å². The highest BCUT2D eigenvalue weighted by Gasteiger charge is 2.24. The summed E-state index contributed by atoms with van der Waals surface area (Å²) in [5.41, 5.74) is 12.7. The number of halogens is 1. The molecular weight excluding hydrogens is 602 g/mol. The van der Waals surface area contributed by atoms with E-state index in [9.17, 15) is 0 Å². The molecule has 8 aromatic carbocycles. The van der Waals surface area contributed by atoms with Crippen molar-refractivity contribution in [1.29, 1.82) is 0 Å². The Labute approximate surface area is 287 Å². The summed E-state index contributed by atoms with van der Waals surface area (Å²) < 4.78 is 0. The first-order valence-electron chi connectivity index (χ1n) is 16.2. The molecule has 2 heteroatoms. The van der Waals surface area contributed by atoms with E-state index in [0.29, 0.717) is 0 Å². The molecule has 0 saturated heterocycles. The van der Waals surface area contributed by atoms with E-state index in [0.717, 1.165) is 33.2 Å². The van der Waals surface area contributed by atoms with E-state index in [4.69, 9.17) is 11.6 Å². The summed E-state index contributed by atoms with van der Waals surface area (Å²) in [5, 5.41) is 3.15. The molecular formula is C46H32ClN. The number of rotatable bonds is 7. The topological polar surface area (TPSA) is 3.24 Å². The molecule has 48 heavy (non-hydrogen) atoms. The maximum atomic E-state index is 6.48. The smallest absolute Gasteiger partial charge is 0.0462 e. The van der Waals surface area contributed by atoms with Crippen molar-refractivity contribution >= 4 is 39.4 Å². The molecule has 8 rings (SSSR count). The zero-order valence-corrected chi connectivity index (χ0v) is 27.1. The van der Waals surface area contributed by atoms with Gasteiger partial charge in [0.1, 0.15) is 0 Å². The van der Waals surface area contributed by atoms with Crippen LogP contribution < -0.4 is 4.90 Å². The Kier molecular flexibility index (Phi) is 8.04. The maximum absolute atomic E-state index is 6.48. The minimum absolute atomic E-state index is 0.719.